The van der Waals surface area contributed by atoms with Crippen molar-refractivity contribution in [2.45, 2.75) is 224 Å². The highest BCUT2D eigenvalue weighted by Crippen LogP contribution is 2.47. The lowest BCUT2D eigenvalue weighted by Gasteiger charge is -2.41. The van der Waals surface area contributed by atoms with Crippen LogP contribution in [0.2, 0.25) is 0 Å². The molecule has 1 saturated carbocycles. The van der Waals surface area contributed by atoms with Gasteiger partial charge in [-0.25, -0.2) is 4.57 Å². The minimum atomic E-state index is -5.05. The van der Waals surface area contributed by atoms with E-state index in [-0.39, 0.29) is 13.0 Å². The number of phosphoric ester groups is 1. The van der Waals surface area contributed by atoms with Crippen molar-refractivity contribution >= 4 is 13.8 Å². The average Bonchev–Trinajstić information content (AvgIpc) is 3.35. The molecule has 0 spiro atoms. The summed E-state index contributed by atoms with van der Waals surface area (Å²) in [7, 11) is -5.05. The number of unbranched alkanes of at least 4 members (excludes halogenated alkanes) is 14. The van der Waals surface area contributed by atoms with Crippen LogP contribution < -0.4 is 0 Å². The molecule has 400 valence electrons. The standard InChI is InChI=1S/C57H95O12P/c1-3-5-7-9-11-13-15-17-19-21-23-24-25-26-27-29-31-33-35-37-39-41-43-45-47-66-48-50(49-67-70(64,65)69-57-55(62)53(60)52(59)54(61)56(57)63)68-51(58)46-44-42-40-38-36-34-32-30-28-22-20-18-16-14-12-10-8-6-4-2/h5,7,11-14,17-20,23-24,26-27,31,33,37,39,50,52-57,59-63H,3-4,6,8-10,15-16,21-22,25,28-30,32,34-36,38,40-49H2,1-2H3,(H,64,65)/b7-5-,13-11-,14-12-,19-17-,20-18-,24-23-,27-26-,33-31-,39-37-. The lowest BCUT2D eigenvalue weighted by atomic mass is 9.85. The Hall–Kier alpha value is -3.00. The van der Waals surface area contributed by atoms with E-state index in [2.05, 4.69) is 123 Å². The molecule has 1 aliphatic rings. The van der Waals surface area contributed by atoms with Gasteiger partial charge in [-0.15, -0.1) is 0 Å². The first kappa shape index (κ1) is 65.0. The molecule has 0 saturated heterocycles. The number of allylic oxidation sites excluding steroid dienone is 18. The van der Waals surface area contributed by atoms with Crippen molar-refractivity contribution in [1.82, 2.24) is 0 Å². The van der Waals surface area contributed by atoms with Gasteiger partial charge in [-0.3, -0.25) is 13.8 Å². The summed E-state index contributed by atoms with van der Waals surface area (Å²) in [6.07, 6.45) is 52.9. The molecule has 6 N–H and O–H groups in total. The Morgan fingerprint density at radius 3 is 1.29 bits per heavy atom. The van der Waals surface area contributed by atoms with Crippen molar-refractivity contribution in [3.05, 3.63) is 109 Å². The molecule has 6 atom stereocenters. The van der Waals surface area contributed by atoms with E-state index >= 15 is 0 Å². The van der Waals surface area contributed by atoms with Crippen molar-refractivity contribution in [2.75, 3.05) is 19.8 Å². The molecule has 1 aliphatic carbocycles. The molecule has 0 aromatic heterocycles. The van der Waals surface area contributed by atoms with E-state index in [9.17, 15) is 39.8 Å². The van der Waals surface area contributed by atoms with E-state index in [1.807, 2.05) is 0 Å². The summed E-state index contributed by atoms with van der Waals surface area (Å²) in [6, 6.07) is 0. The Morgan fingerprint density at radius 1 is 0.471 bits per heavy atom. The number of esters is 1. The maximum Gasteiger partial charge on any atom is 0.472 e. The molecule has 13 heteroatoms. The first-order valence-electron chi connectivity index (χ1n) is 26.7. The molecule has 0 aliphatic heterocycles. The number of hydrogen-bond donors (Lipinski definition) is 6. The van der Waals surface area contributed by atoms with Gasteiger partial charge in [-0.05, 0) is 103 Å². The van der Waals surface area contributed by atoms with Crippen molar-refractivity contribution in [1.29, 1.82) is 0 Å². The van der Waals surface area contributed by atoms with Crippen LogP contribution in [-0.4, -0.2) is 98.9 Å². The van der Waals surface area contributed by atoms with Crippen LogP contribution in [0.15, 0.2) is 109 Å². The summed E-state index contributed by atoms with van der Waals surface area (Å²) < 4.78 is 34.3. The van der Waals surface area contributed by atoms with Gasteiger partial charge in [-0.1, -0.05) is 181 Å². The average molecular weight is 1000 g/mol. The van der Waals surface area contributed by atoms with Crippen LogP contribution in [0.3, 0.4) is 0 Å². The molecule has 70 heavy (non-hydrogen) atoms. The molecular formula is C57H95O12P. The number of aliphatic hydroxyl groups is 5. The molecule has 1 fully saturated rings. The number of rotatable bonds is 44. The highest BCUT2D eigenvalue weighted by Gasteiger charge is 2.51. The van der Waals surface area contributed by atoms with Gasteiger partial charge in [0.2, 0.25) is 0 Å². The highest BCUT2D eigenvalue weighted by atomic mass is 31.2. The Bertz CT molecular complexity index is 1570. The SMILES string of the molecule is CC/C=C\C/C=C\C/C=C\C/C=C\C/C=C\C/C=C\C/C=C\CCCCOCC(COP(=O)(O)OC1C(O)C(O)C(O)C(O)C1O)OC(=O)CCCCCCCCCCC/C=C\C/C=C\CCCCC. The quantitative estimate of drug-likeness (QED) is 0.0147. The molecule has 1 rings (SSSR count). The van der Waals surface area contributed by atoms with Gasteiger partial charge in [0.15, 0.2) is 0 Å². The molecule has 0 amide bonds. The van der Waals surface area contributed by atoms with E-state index in [4.69, 9.17) is 18.5 Å². The number of ether oxygens (including phenoxy) is 2. The maximum atomic E-state index is 12.9. The first-order chi connectivity index (χ1) is 34.0. The Kier molecular flexibility index (Phi) is 42.6. The Balaban J connectivity index is 2.38. The number of aliphatic hydroxyl groups excluding tert-OH is 5. The van der Waals surface area contributed by atoms with Crippen molar-refractivity contribution < 1.29 is 58.3 Å². The topological polar surface area (TPSA) is 192 Å². The Labute approximate surface area is 423 Å². The summed E-state index contributed by atoms with van der Waals surface area (Å²) in [6.45, 7) is 4.01. The van der Waals surface area contributed by atoms with E-state index < -0.39 is 63.1 Å². The fraction of sp³-hybridized carbons (Fsp3) is 0.667. The summed E-state index contributed by atoms with van der Waals surface area (Å²) in [5.41, 5.74) is 0. The van der Waals surface area contributed by atoms with Gasteiger partial charge in [0.25, 0.3) is 0 Å². The molecule has 0 radical (unpaired) electrons. The molecule has 0 bridgehead atoms. The zero-order valence-corrected chi connectivity index (χ0v) is 43.9. The number of hydrogen-bond acceptors (Lipinski definition) is 11. The van der Waals surface area contributed by atoms with Gasteiger partial charge in [0.1, 0.15) is 42.7 Å². The van der Waals surface area contributed by atoms with E-state index in [0.29, 0.717) is 13.0 Å². The van der Waals surface area contributed by atoms with E-state index in [1.54, 1.807) is 0 Å². The molecule has 0 aromatic carbocycles. The molecule has 6 unspecified atom stereocenters. The van der Waals surface area contributed by atoms with Crippen molar-refractivity contribution in [3.63, 3.8) is 0 Å². The highest BCUT2D eigenvalue weighted by molar-refractivity contribution is 7.47. The second-order valence-electron chi connectivity index (χ2n) is 18.0. The summed E-state index contributed by atoms with van der Waals surface area (Å²) in [5, 5.41) is 50.4. The third kappa shape index (κ3) is 36.8. The first-order valence-corrected chi connectivity index (χ1v) is 28.2. The van der Waals surface area contributed by atoms with Gasteiger partial charge < -0.3 is 39.9 Å². The second-order valence-corrected chi connectivity index (χ2v) is 19.4. The minimum Gasteiger partial charge on any atom is -0.457 e. The minimum absolute atomic E-state index is 0.116. The number of phosphoric acid groups is 1. The zero-order chi connectivity index (χ0) is 51.2. The number of carbonyl (C=O) groups excluding carboxylic acids is 1. The summed E-state index contributed by atoms with van der Waals surface area (Å²) >= 11 is 0. The van der Waals surface area contributed by atoms with Crippen LogP contribution in [0.25, 0.3) is 0 Å². The third-order valence-electron chi connectivity index (χ3n) is 11.6. The normalized spacial score (nSPS) is 21.8. The van der Waals surface area contributed by atoms with Gasteiger partial charge in [0, 0.05) is 13.0 Å². The van der Waals surface area contributed by atoms with Crippen LogP contribution in [0, 0.1) is 0 Å². The van der Waals surface area contributed by atoms with Crippen molar-refractivity contribution in [3.8, 4) is 0 Å². The molecule has 12 nitrogen and oxygen atoms in total. The second kappa shape index (κ2) is 45.8. The summed E-state index contributed by atoms with van der Waals surface area (Å²) in [4.78, 5) is 23.3. The smallest absolute Gasteiger partial charge is 0.457 e. The summed E-state index contributed by atoms with van der Waals surface area (Å²) in [5.74, 6) is -0.502. The van der Waals surface area contributed by atoms with Crippen LogP contribution in [-0.2, 0) is 27.9 Å². The van der Waals surface area contributed by atoms with Gasteiger partial charge in [-0.2, -0.15) is 0 Å². The molecular weight excluding hydrogens is 908 g/mol. The Morgan fingerprint density at radius 2 is 0.843 bits per heavy atom. The largest absolute Gasteiger partial charge is 0.472 e. The van der Waals surface area contributed by atoms with Crippen LogP contribution in [0.4, 0.5) is 0 Å². The molecule has 0 heterocycles. The monoisotopic (exact) mass is 1000 g/mol. The molecule has 0 aromatic rings. The lowest BCUT2D eigenvalue weighted by Crippen LogP contribution is -2.64. The predicted octanol–water partition coefficient (Wildman–Crippen LogP) is 12.4. The van der Waals surface area contributed by atoms with E-state index in [0.717, 1.165) is 103 Å². The van der Waals surface area contributed by atoms with Gasteiger partial charge >= 0.3 is 13.8 Å². The maximum absolute atomic E-state index is 12.9. The van der Waals surface area contributed by atoms with Crippen LogP contribution in [0.1, 0.15) is 181 Å². The van der Waals surface area contributed by atoms with Gasteiger partial charge in [0.05, 0.1) is 13.2 Å². The lowest BCUT2D eigenvalue weighted by molar-refractivity contribution is -0.220. The fourth-order valence-corrected chi connectivity index (χ4v) is 8.40. The van der Waals surface area contributed by atoms with Crippen molar-refractivity contribution in [2.24, 2.45) is 0 Å². The predicted molar refractivity (Wildman–Crippen MR) is 285 cm³/mol. The zero-order valence-electron chi connectivity index (χ0n) is 43.0. The number of carbonyl (C=O) groups is 1. The van der Waals surface area contributed by atoms with E-state index in [1.165, 1.54) is 51.4 Å². The third-order valence-corrected chi connectivity index (χ3v) is 12.6. The van der Waals surface area contributed by atoms with Crippen LogP contribution >= 0.6 is 7.82 Å². The fourth-order valence-electron chi connectivity index (χ4n) is 7.42. The van der Waals surface area contributed by atoms with Crippen LogP contribution in [0.5, 0.6) is 0 Å².